The summed E-state index contributed by atoms with van der Waals surface area (Å²) in [5, 5.41) is 19.2. The molecule has 0 spiro atoms. The number of aliphatic hydroxyl groups is 1. The Morgan fingerprint density at radius 2 is 1.94 bits per heavy atom. The molecule has 0 saturated carbocycles. The molecule has 1 aromatic carbocycles. The summed E-state index contributed by atoms with van der Waals surface area (Å²) < 4.78 is 0. The Morgan fingerprint density at radius 1 is 1.24 bits per heavy atom. The molecule has 0 aliphatic heterocycles. The number of nitrogens with zero attached hydrogens (tertiary/aromatic N) is 1. The summed E-state index contributed by atoms with van der Waals surface area (Å²) in [6, 6.07) is 6.62. The van der Waals surface area contributed by atoms with Crippen LogP contribution < -0.4 is 0 Å². The van der Waals surface area contributed by atoms with E-state index in [2.05, 4.69) is 4.99 Å². The van der Waals surface area contributed by atoms with Crippen molar-refractivity contribution in [3.8, 4) is 5.75 Å². The predicted octanol–water partition coefficient (Wildman–Crippen LogP) is 2.66. The molecule has 0 amide bonds. The molecule has 2 rings (SSSR count). The largest absolute Gasteiger partial charge is 0.511 e. The highest BCUT2D eigenvalue weighted by Crippen LogP contribution is 2.28. The van der Waals surface area contributed by atoms with Gasteiger partial charge in [-0.1, -0.05) is 12.1 Å². The first kappa shape index (κ1) is 11.4. The average molecular weight is 231 g/mol. The van der Waals surface area contributed by atoms with Gasteiger partial charge in [-0.2, -0.15) is 0 Å². The van der Waals surface area contributed by atoms with Gasteiger partial charge in [0.2, 0.25) is 0 Å². The first-order valence-corrected chi connectivity index (χ1v) is 5.38. The number of hydrogen-bond acceptors (Lipinski definition) is 4. The lowest BCUT2D eigenvalue weighted by molar-refractivity contribution is -0.114. The topological polar surface area (TPSA) is 69.9 Å². The van der Waals surface area contributed by atoms with E-state index in [1.54, 1.807) is 25.1 Å². The van der Waals surface area contributed by atoms with Crippen LogP contribution in [0.4, 0.5) is 5.69 Å². The van der Waals surface area contributed by atoms with Crippen molar-refractivity contribution in [2.24, 2.45) is 4.99 Å². The second-order valence-corrected chi connectivity index (χ2v) is 3.93. The Hall–Kier alpha value is -2.10. The molecule has 1 aromatic rings. The van der Waals surface area contributed by atoms with Crippen LogP contribution in [0.3, 0.4) is 0 Å². The zero-order valence-electron chi connectivity index (χ0n) is 9.47. The van der Waals surface area contributed by atoms with E-state index in [9.17, 15) is 15.0 Å². The first-order chi connectivity index (χ1) is 8.09. The van der Waals surface area contributed by atoms with E-state index in [1.807, 2.05) is 0 Å². The van der Waals surface area contributed by atoms with Crippen molar-refractivity contribution >= 4 is 17.2 Å². The molecule has 0 aromatic heterocycles. The van der Waals surface area contributed by atoms with Gasteiger partial charge in [0.05, 0.1) is 11.3 Å². The Kier molecular flexibility index (Phi) is 2.95. The fourth-order valence-electron chi connectivity index (χ4n) is 1.85. The summed E-state index contributed by atoms with van der Waals surface area (Å²) in [4.78, 5) is 15.7. The van der Waals surface area contributed by atoms with Crippen molar-refractivity contribution in [1.29, 1.82) is 0 Å². The number of rotatable bonds is 2. The lowest BCUT2D eigenvalue weighted by Crippen LogP contribution is -2.06. The second-order valence-electron chi connectivity index (χ2n) is 3.93. The number of phenolic OH excluding ortho intramolecular Hbond substituents is 1. The molecule has 17 heavy (non-hydrogen) atoms. The Bertz CT molecular complexity index is 529. The number of aromatic hydroxyl groups is 1. The van der Waals surface area contributed by atoms with Gasteiger partial charge in [0.1, 0.15) is 17.2 Å². The number of aliphatic hydroxyl groups excluding tert-OH is 1. The highest BCUT2D eigenvalue weighted by atomic mass is 16.3. The Labute approximate surface area is 98.9 Å². The fraction of sp³-hybridized carbons (Fsp3) is 0.231. The predicted molar refractivity (Wildman–Crippen MR) is 64.8 cm³/mol. The minimum Gasteiger partial charge on any atom is -0.511 e. The number of carbonyl (C=O) groups is 1. The lowest BCUT2D eigenvalue weighted by atomic mass is 10.1. The maximum absolute atomic E-state index is 11.5. The molecule has 1 aliphatic rings. The second kappa shape index (κ2) is 4.41. The molecule has 1 aliphatic carbocycles. The number of aliphatic imine (C=N–C) groups is 1. The van der Waals surface area contributed by atoms with Gasteiger partial charge in [0.25, 0.3) is 0 Å². The molecule has 0 fully saturated rings. The van der Waals surface area contributed by atoms with E-state index in [1.165, 1.54) is 6.07 Å². The van der Waals surface area contributed by atoms with Gasteiger partial charge in [-0.3, -0.25) is 4.79 Å². The molecule has 4 nitrogen and oxygen atoms in total. The standard InChI is InChI=1S/C13H13NO3/c1-8(13-11(16)6-7-12(13)17)14-9-4-2-3-5-10(9)15/h2-5,15-16H,6-7H2,1H3. The van der Waals surface area contributed by atoms with E-state index in [4.69, 9.17) is 0 Å². The zero-order chi connectivity index (χ0) is 12.4. The van der Waals surface area contributed by atoms with E-state index in [0.717, 1.165) is 0 Å². The van der Waals surface area contributed by atoms with Gasteiger partial charge < -0.3 is 10.2 Å². The van der Waals surface area contributed by atoms with Crippen LogP contribution in [0, 0.1) is 0 Å². The van der Waals surface area contributed by atoms with Crippen LogP contribution in [0.1, 0.15) is 19.8 Å². The molecule has 0 unspecified atom stereocenters. The van der Waals surface area contributed by atoms with Crippen molar-refractivity contribution in [1.82, 2.24) is 0 Å². The van der Waals surface area contributed by atoms with Crippen molar-refractivity contribution < 1.29 is 15.0 Å². The zero-order valence-corrected chi connectivity index (χ0v) is 9.47. The maximum Gasteiger partial charge on any atom is 0.168 e. The fourth-order valence-corrected chi connectivity index (χ4v) is 1.85. The summed E-state index contributed by atoms with van der Waals surface area (Å²) in [7, 11) is 0. The molecular weight excluding hydrogens is 218 g/mol. The van der Waals surface area contributed by atoms with Crippen LogP contribution in [0.5, 0.6) is 5.75 Å². The summed E-state index contributed by atoms with van der Waals surface area (Å²) in [6.07, 6.45) is 0.705. The van der Waals surface area contributed by atoms with Crippen LogP contribution in [-0.4, -0.2) is 21.7 Å². The molecule has 2 N–H and O–H groups in total. The van der Waals surface area contributed by atoms with Crippen molar-refractivity contribution in [2.45, 2.75) is 19.8 Å². The summed E-state index contributed by atoms with van der Waals surface area (Å²) in [5.74, 6) is 0.0447. The third-order valence-electron chi connectivity index (χ3n) is 2.69. The summed E-state index contributed by atoms with van der Waals surface area (Å²) in [6.45, 7) is 1.65. The van der Waals surface area contributed by atoms with Crippen molar-refractivity contribution in [2.75, 3.05) is 0 Å². The van der Waals surface area contributed by atoms with Gasteiger partial charge in [-0.05, 0) is 19.1 Å². The molecule has 0 atom stereocenters. The highest BCUT2D eigenvalue weighted by Gasteiger charge is 2.24. The van der Waals surface area contributed by atoms with Gasteiger partial charge in [0, 0.05) is 12.8 Å². The lowest BCUT2D eigenvalue weighted by Gasteiger charge is -2.03. The van der Waals surface area contributed by atoms with E-state index < -0.39 is 0 Å². The van der Waals surface area contributed by atoms with Crippen LogP contribution >= 0.6 is 0 Å². The van der Waals surface area contributed by atoms with Gasteiger partial charge in [0.15, 0.2) is 5.78 Å². The molecule has 0 bridgehead atoms. The number of carbonyl (C=O) groups excluding carboxylic acids is 1. The maximum atomic E-state index is 11.5. The summed E-state index contributed by atoms with van der Waals surface area (Å²) >= 11 is 0. The molecule has 4 heteroatoms. The van der Waals surface area contributed by atoms with Crippen LogP contribution in [0.15, 0.2) is 40.6 Å². The first-order valence-electron chi connectivity index (χ1n) is 5.38. The van der Waals surface area contributed by atoms with E-state index in [0.29, 0.717) is 24.2 Å². The SMILES string of the molecule is CC(=Nc1ccccc1O)C1=C(O)CCC1=O. The highest BCUT2D eigenvalue weighted by molar-refractivity contribution is 6.23. The normalized spacial score (nSPS) is 16.8. The Morgan fingerprint density at radius 3 is 2.53 bits per heavy atom. The number of para-hydroxylation sites is 2. The number of benzene rings is 1. The van der Waals surface area contributed by atoms with Crippen LogP contribution in [0.25, 0.3) is 0 Å². The molecule has 0 saturated heterocycles. The number of hydrogen-bond donors (Lipinski definition) is 2. The number of ketones is 1. The quantitative estimate of drug-likeness (QED) is 0.769. The molecule has 88 valence electrons. The summed E-state index contributed by atoms with van der Waals surface area (Å²) in [5.41, 5.74) is 1.12. The molecular formula is C13H13NO3. The Balaban J connectivity index is 2.39. The monoisotopic (exact) mass is 231 g/mol. The molecule has 0 heterocycles. The third kappa shape index (κ3) is 2.20. The number of allylic oxidation sites excluding steroid dienone is 2. The minimum absolute atomic E-state index is 0.0531. The average Bonchev–Trinajstić information content (AvgIpc) is 2.62. The van der Waals surface area contributed by atoms with Gasteiger partial charge in [-0.25, -0.2) is 4.99 Å². The van der Waals surface area contributed by atoms with Crippen LogP contribution in [-0.2, 0) is 4.79 Å². The number of Topliss-reactive ketones (excluding diaryl/α,β-unsaturated/α-hetero) is 1. The van der Waals surface area contributed by atoms with E-state index >= 15 is 0 Å². The molecule has 0 radical (unpaired) electrons. The van der Waals surface area contributed by atoms with Gasteiger partial charge in [-0.15, -0.1) is 0 Å². The van der Waals surface area contributed by atoms with Crippen molar-refractivity contribution in [3.63, 3.8) is 0 Å². The van der Waals surface area contributed by atoms with E-state index in [-0.39, 0.29) is 22.9 Å². The number of phenols is 1. The van der Waals surface area contributed by atoms with Crippen LogP contribution in [0.2, 0.25) is 0 Å². The third-order valence-corrected chi connectivity index (χ3v) is 2.69. The van der Waals surface area contributed by atoms with Crippen molar-refractivity contribution in [3.05, 3.63) is 35.6 Å². The smallest absolute Gasteiger partial charge is 0.168 e. The van der Waals surface area contributed by atoms with Gasteiger partial charge >= 0.3 is 0 Å². The minimum atomic E-state index is -0.0980.